The van der Waals surface area contributed by atoms with Gasteiger partial charge in [-0.3, -0.25) is 11.3 Å². The van der Waals surface area contributed by atoms with Gasteiger partial charge in [-0.05, 0) is 32.1 Å². The van der Waals surface area contributed by atoms with Crippen molar-refractivity contribution in [1.82, 2.24) is 5.43 Å². The van der Waals surface area contributed by atoms with Crippen molar-refractivity contribution in [2.45, 2.75) is 71.9 Å². The molecule has 0 radical (unpaired) electrons. The van der Waals surface area contributed by atoms with Crippen LogP contribution in [0.4, 0.5) is 0 Å². The van der Waals surface area contributed by atoms with Crippen LogP contribution in [-0.4, -0.2) is 18.2 Å². The topological polar surface area (TPSA) is 47.3 Å². The van der Waals surface area contributed by atoms with Gasteiger partial charge in [-0.2, -0.15) is 0 Å². The molecule has 0 aliphatic rings. The van der Waals surface area contributed by atoms with Gasteiger partial charge in [0.05, 0.1) is 11.6 Å². The van der Waals surface area contributed by atoms with Gasteiger partial charge in [0, 0.05) is 6.61 Å². The quantitative estimate of drug-likeness (QED) is 0.473. The fourth-order valence-electron chi connectivity index (χ4n) is 2.34. The number of hydrogen-bond acceptors (Lipinski definition) is 3. The molecule has 16 heavy (non-hydrogen) atoms. The minimum absolute atomic E-state index is 0.104. The summed E-state index contributed by atoms with van der Waals surface area (Å²) < 4.78 is 5.98. The zero-order valence-corrected chi connectivity index (χ0v) is 11.7. The van der Waals surface area contributed by atoms with E-state index in [4.69, 9.17) is 10.6 Å². The van der Waals surface area contributed by atoms with E-state index in [0.717, 1.165) is 25.9 Å². The average Bonchev–Trinajstić information content (AvgIpc) is 2.33. The summed E-state index contributed by atoms with van der Waals surface area (Å²) in [7, 11) is 0. The molecular weight excluding hydrogens is 200 g/mol. The molecule has 0 fully saturated rings. The van der Waals surface area contributed by atoms with Crippen LogP contribution in [0.15, 0.2) is 0 Å². The largest absolute Gasteiger partial charge is 0.374 e. The van der Waals surface area contributed by atoms with E-state index in [-0.39, 0.29) is 11.6 Å². The number of ether oxygens (including phenoxy) is 1. The number of nitrogens with two attached hydrogens (primary N) is 1. The molecule has 0 bridgehead atoms. The third kappa shape index (κ3) is 4.04. The second-order valence-corrected chi connectivity index (χ2v) is 4.67. The Kier molecular flexibility index (Phi) is 7.98. The third-order valence-electron chi connectivity index (χ3n) is 3.80. The van der Waals surface area contributed by atoms with Gasteiger partial charge in [0.2, 0.25) is 0 Å². The van der Waals surface area contributed by atoms with Gasteiger partial charge in [-0.25, -0.2) is 0 Å². The first-order valence-electron chi connectivity index (χ1n) is 6.70. The molecule has 0 rings (SSSR count). The summed E-state index contributed by atoms with van der Waals surface area (Å²) in [5, 5.41) is 0. The fraction of sp³-hybridized carbons (Fsp3) is 1.00. The lowest BCUT2D eigenvalue weighted by Crippen LogP contribution is -2.55. The molecule has 0 aromatic carbocycles. The van der Waals surface area contributed by atoms with Crippen molar-refractivity contribution in [2.24, 2.45) is 11.8 Å². The molecule has 98 valence electrons. The molecule has 0 spiro atoms. The highest BCUT2D eigenvalue weighted by molar-refractivity contribution is 4.91. The summed E-state index contributed by atoms with van der Waals surface area (Å²) in [6, 6.07) is 0.248. The maximum absolute atomic E-state index is 5.98. The molecule has 0 amide bonds. The molecule has 0 aliphatic heterocycles. The smallest absolute Gasteiger partial charge is 0.0842 e. The highest BCUT2D eigenvalue weighted by Crippen LogP contribution is 2.29. The van der Waals surface area contributed by atoms with Crippen molar-refractivity contribution < 1.29 is 4.74 Å². The van der Waals surface area contributed by atoms with Gasteiger partial charge in [0.15, 0.2) is 0 Å². The maximum atomic E-state index is 5.98. The van der Waals surface area contributed by atoms with E-state index in [1.54, 1.807) is 0 Å². The first kappa shape index (κ1) is 15.9. The Morgan fingerprint density at radius 1 is 1.19 bits per heavy atom. The Labute approximate surface area is 101 Å². The van der Waals surface area contributed by atoms with Gasteiger partial charge < -0.3 is 4.74 Å². The van der Waals surface area contributed by atoms with Crippen molar-refractivity contribution >= 4 is 0 Å². The molecule has 3 nitrogen and oxygen atoms in total. The first-order chi connectivity index (χ1) is 7.60. The Morgan fingerprint density at radius 2 is 1.75 bits per heavy atom. The standard InChI is InChI=1S/C13H30N2O/c1-6-11(5)10-12(15-14)13(7-2,8-3)16-9-4/h11-12,15H,6-10,14H2,1-5H3. The summed E-state index contributed by atoms with van der Waals surface area (Å²) in [5.41, 5.74) is 2.87. The van der Waals surface area contributed by atoms with Gasteiger partial charge in [-0.15, -0.1) is 0 Å². The molecule has 0 saturated heterocycles. The minimum atomic E-state index is -0.104. The van der Waals surface area contributed by atoms with Gasteiger partial charge in [-0.1, -0.05) is 34.1 Å². The summed E-state index contributed by atoms with van der Waals surface area (Å²) >= 11 is 0. The number of hydrazine groups is 1. The van der Waals surface area contributed by atoms with E-state index in [2.05, 4.69) is 40.0 Å². The van der Waals surface area contributed by atoms with Crippen molar-refractivity contribution in [2.75, 3.05) is 6.61 Å². The fourth-order valence-corrected chi connectivity index (χ4v) is 2.34. The van der Waals surface area contributed by atoms with E-state index in [9.17, 15) is 0 Å². The molecule has 3 heteroatoms. The molecule has 0 aromatic rings. The summed E-state index contributed by atoms with van der Waals surface area (Å²) in [4.78, 5) is 0. The lowest BCUT2D eigenvalue weighted by Gasteiger charge is -2.40. The van der Waals surface area contributed by atoms with Gasteiger partial charge in [0.25, 0.3) is 0 Å². The summed E-state index contributed by atoms with van der Waals surface area (Å²) in [6.45, 7) is 11.7. The van der Waals surface area contributed by atoms with Gasteiger partial charge in [0.1, 0.15) is 0 Å². The van der Waals surface area contributed by atoms with E-state index >= 15 is 0 Å². The van der Waals surface area contributed by atoms with Crippen LogP contribution >= 0.6 is 0 Å². The maximum Gasteiger partial charge on any atom is 0.0842 e. The molecule has 0 heterocycles. The molecule has 0 aromatic heterocycles. The highest BCUT2D eigenvalue weighted by atomic mass is 16.5. The molecule has 2 atom stereocenters. The third-order valence-corrected chi connectivity index (χ3v) is 3.80. The van der Waals surface area contributed by atoms with Crippen LogP contribution in [-0.2, 0) is 4.74 Å². The number of hydrogen-bond donors (Lipinski definition) is 2. The second-order valence-electron chi connectivity index (χ2n) is 4.67. The van der Waals surface area contributed by atoms with Crippen molar-refractivity contribution in [3.8, 4) is 0 Å². The SMILES string of the molecule is CCOC(CC)(CC)C(CC(C)CC)NN. The summed E-state index contributed by atoms with van der Waals surface area (Å²) in [6.07, 6.45) is 4.27. The molecule has 2 unspecified atom stereocenters. The monoisotopic (exact) mass is 230 g/mol. The second kappa shape index (κ2) is 8.04. The average molecular weight is 230 g/mol. The molecular formula is C13H30N2O. The van der Waals surface area contributed by atoms with Crippen LogP contribution in [0.3, 0.4) is 0 Å². The van der Waals surface area contributed by atoms with Crippen LogP contribution in [0, 0.1) is 5.92 Å². The van der Waals surface area contributed by atoms with Crippen molar-refractivity contribution in [1.29, 1.82) is 0 Å². The van der Waals surface area contributed by atoms with Crippen LogP contribution in [0.2, 0.25) is 0 Å². The lowest BCUT2D eigenvalue weighted by atomic mass is 9.83. The number of rotatable bonds is 9. The van der Waals surface area contributed by atoms with Crippen molar-refractivity contribution in [3.63, 3.8) is 0 Å². The van der Waals surface area contributed by atoms with Crippen LogP contribution in [0.25, 0.3) is 0 Å². The minimum Gasteiger partial charge on any atom is -0.374 e. The Balaban J connectivity index is 4.68. The van der Waals surface area contributed by atoms with Gasteiger partial charge >= 0.3 is 0 Å². The zero-order valence-electron chi connectivity index (χ0n) is 11.7. The predicted octanol–water partition coefficient (Wildman–Crippen LogP) is 2.85. The number of nitrogens with one attached hydrogen (secondary N) is 1. The molecule has 0 aliphatic carbocycles. The van der Waals surface area contributed by atoms with Crippen LogP contribution < -0.4 is 11.3 Å². The first-order valence-corrected chi connectivity index (χ1v) is 6.70. The summed E-state index contributed by atoms with van der Waals surface area (Å²) in [5.74, 6) is 6.39. The molecule has 0 saturated carbocycles. The van der Waals surface area contributed by atoms with Crippen LogP contribution in [0.1, 0.15) is 60.3 Å². The molecule has 3 N–H and O–H groups in total. The van der Waals surface area contributed by atoms with E-state index in [1.165, 1.54) is 6.42 Å². The lowest BCUT2D eigenvalue weighted by molar-refractivity contribution is -0.0766. The zero-order chi connectivity index (χ0) is 12.6. The normalized spacial score (nSPS) is 16.1. The van der Waals surface area contributed by atoms with E-state index in [0.29, 0.717) is 5.92 Å². The van der Waals surface area contributed by atoms with E-state index < -0.39 is 0 Å². The highest BCUT2D eigenvalue weighted by Gasteiger charge is 2.36. The van der Waals surface area contributed by atoms with Crippen LogP contribution in [0.5, 0.6) is 0 Å². The predicted molar refractivity (Wildman–Crippen MR) is 70.1 cm³/mol. The Bertz CT molecular complexity index is 169. The van der Waals surface area contributed by atoms with E-state index in [1.807, 2.05) is 0 Å². The van der Waals surface area contributed by atoms with Crippen molar-refractivity contribution in [3.05, 3.63) is 0 Å². The Hall–Kier alpha value is -0.120. The Morgan fingerprint density at radius 3 is 2.06 bits per heavy atom.